The molecule has 5 heteroatoms. The van der Waals surface area contributed by atoms with Gasteiger partial charge >= 0.3 is 0 Å². The molecule has 1 aromatic heterocycles. The molecule has 2 N–H and O–H groups in total. The number of rotatable bonds is 2. The van der Waals surface area contributed by atoms with E-state index in [0.717, 1.165) is 5.56 Å². The largest absolute Gasteiger partial charge is 0.505 e. The Bertz CT molecular complexity index is 816. The summed E-state index contributed by atoms with van der Waals surface area (Å²) in [5.41, 5.74) is 2.07. The summed E-state index contributed by atoms with van der Waals surface area (Å²) >= 11 is 0. The Kier molecular flexibility index (Phi) is 3.23. The number of carbonyl (C=O) groups is 1. The van der Waals surface area contributed by atoms with E-state index < -0.39 is 5.91 Å². The summed E-state index contributed by atoms with van der Waals surface area (Å²) in [6.45, 7) is 1.91. The lowest BCUT2D eigenvalue weighted by Gasteiger charge is -2.07. The molecular weight excluding hydrogens is 266 g/mol. The lowest BCUT2D eigenvalue weighted by Crippen LogP contribution is -2.14. The number of hydrogen-bond donors (Lipinski definition) is 2. The summed E-state index contributed by atoms with van der Waals surface area (Å²) in [7, 11) is 0. The molecule has 1 amide bonds. The van der Waals surface area contributed by atoms with E-state index in [-0.39, 0.29) is 11.4 Å². The van der Waals surface area contributed by atoms with Crippen LogP contribution in [-0.2, 0) is 0 Å². The highest BCUT2D eigenvalue weighted by Crippen LogP contribution is 2.26. The van der Waals surface area contributed by atoms with Crippen LogP contribution in [0.1, 0.15) is 16.1 Å². The van der Waals surface area contributed by atoms with Crippen LogP contribution in [0.25, 0.3) is 10.9 Å². The number of hydrogen-bond acceptors (Lipinski definition) is 4. The summed E-state index contributed by atoms with van der Waals surface area (Å²) in [5, 5.41) is 21.2. The average Bonchev–Trinajstić information content (AvgIpc) is 2.49. The van der Waals surface area contributed by atoms with Crippen molar-refractivity contribution in [3.05, 3.63) is 59.8 Å². The highest BCUT2D eigenvalue weighted by molar-refractivity contribution is 6.07. The van der Waals surface area contributed by atoms with Gasteiger partial charge in [0.25, 0.3) is 5.91 Å². The van der Waals surface area contributed by atoms with Crippen molar-refractivity contribution < 1.29 is 9.90 Å². The Hall–Kier alpha value is -2.95. The van der Waals surface area contributed by atoms with E-state index in [9.17, 15) is 9.90 Å². The predicted molar refractivity (Wildman–Crippen MR) is 80.3 cm³/mol. The van der Waals surface area contributed by atoms with Crippen LogP contribution in [0.3, 0.4) is 0 Å². The molecule has 3 aromatic rings. The Morgan fingerprint density at radius 1 is 1.10 bits per heavy atom. The zero-order valence-electron chi connectivity index (χ0n) is 11.4. The Morgan fingerprint density at radius 3 is 2.62 bits per heavy atom. The van der Waals surface area contributed by atoms with Gasteiger partial charge in [0.1, 0.15) is 0 Å². The first kappa shape index (κ1) is 13.1. The molecule has 0 unspecified atom stereocenters. The predicted octanol–water partition coefficient (Wildman–Crippen LogP) is 2.90. The minimum Gasteiger partial charge on any atom is -0.505 e. The van der Waals surface area contributed by atoms with Gasteiger partial charge in [-0.2, -0.15) is 0 Å². The van der Waals surface area contributed by atoms with E-state index >= 15 is 0 Å². The van der Waals surface area contributed by atoms with Crippen LogP contribution in [0.4, 0.5) is 5.69 Å². The second-order valence-corrected chi connectivity index (χ2v) is 4.74. The van der Waals surface area contributed by atoms with Crippen LogP contribution in [0.5, 0.6) is 5.75 Å². The third-order valence-corrected chi connectivity index (χ3v) is 3.14. The molecule has 5 nitrogen and oxygen atoms in total. The van der Waals surface area contributed by atoms with Crippen LogP contribution in [0.2, 0.25) is 0 Å². The fraction of sp³-hybridized carbons (Fsp3) is 0.0625. The lowest BCUT2D eigenvalue weighted by atomic mass is 10.1. The molecule has 0 radical (unpaired) electrons. The quantitative estimate of drug-likeness (QED) is 0.756. The van der Waals surface area contributed by atoms with E-state index in [2.05, 4.69) is 15.5 Å². The number of carbonyl (C=O) groups excluding carboxylic acids is 1. The maximum atomic E-state index is 12.2. The highest BCUT2D eigenvalue weighted by Gasteiger charge is 2.17. The summed E-state index contributed by atoms with van der Waals surface area (Å²) in [6, 6.07) is 14.4. The van der Waals surface area contributed by atoms with E-state index in [4.69, 9.17) is 0 Å². The zero-order chi connectivity index (χ0) is 14.8. The topological polar surface area (TPSA) is 75.1 Å². The molecule has 1 heterocycles. The minimum absolute atomic E-state index is 0.0862. The average molecular weight is 279 g/mol. The van der Waals surface area contributed by atoms with Crippen molar-refractivity contribution in [2.24, 2.45) is 0 Å². The molecule has 0 bridgehead atoms. The lowest BCUT2D eigenvalue weighted by molar-refractivity contribution is 0.101. The molecule has 0 aliphatic heterocycles. The van der Waals surface area contributed by atoms with E-state index in [1.165, 1.54) is 0 Å². The fourth-order valence-electron chi connectivity index (χ4n) is 2.07. The fourth-order valence-corrected chi connectivity index (χ4v) is 2.07. The van der Waals surface area contributed by atoms with Crippen LogP contribution >= 0.6 is 0 Å². The minimum atomic E-state index is -0.491. The summed E-state index contributed by atoms with van der Waals surface area (Å²) in [4.78, 5) is 12.2. The normalized spacial score (nSPS) is 10.5. The van der Waals surface area contributed by atoms with Crippen LogP contribution < -0.4 is 5.32 Å². The Balaban J connectivity index is 2.00. The summed E-state index contributed by atoms with van der Waals surface area (Å²) < 4.78 is 0. The number of anilines is 1. The molecule has 0 spiro atoms. The van der Waals surface area contributed by atoms with Gasteiger partial charge in [0.05, 0.1) is 5.52 Å². The van der Waals surface area contributed by atoms with Gasteiger partial charge in [-0.05, 0) is 31.2 Å². The number of aromatic hydroxyl groups is 1. The van der Waals surface area contributed by atoms with Gasteiger partial charge < -0.3 is 10.4 Å². The van der Waals surface area contributed by atoms with Crippen LogP contribution in [0, 0.1) is 6.92 Å². The summed E-state index contributed by atoms with van der Waals surface area (Å²) in [6.07, 6.45) is 0. The number of amides is 1. The Labute approximate surface area is 121 Å². The van der Waals surface area contributed by atoms with Gasteiger partial charge in [-0.15, -0.1) is 10.2 Å². The number of fused-ring (bicyclic) bond motifs is 1. The molecule has 0 saturated heterocycles. The highest BCUT2D eigenvalue weighted by atomic mass is 16.3. The number of aromatic nitrogens is 2. The molecule has 0 aliphatic carbocycles. The van der Waals surface area contributed by atoms with Crippen molar-refractivity contribution in [2.75, 3.05) is 5.32 Å². The number of nitrogens with zero attached hydrogens (tertiary/aromatic N) is 2. The SMILES string of the molecule is Cc1ccc2nnc(C(=O)Nc3ccccc3)c(O)c2c1. The van der Waals surface area contributed by atoms with E-state index in [1.807, 2.05) is 31.2 Å². The molecule has 0 atom stereocenters. The molecule has 3 rings (SSSR count). The first-order valence-corrected chi connectivity index (χ1v) is 6.47. The van der Waals surface area contributed by atoms with Crippen LogP contribution in [-0.4, -0.2) is 21.2 Å². The standard InChI is InChI=1S/C16H13N3O2/c1-10-7-8-13-12(9-10)15(20)14(19-18-13)16(21)17-11-5-3-2-4-6-11/h2-9H,1H3,(H,17,21)(H,18,20). The third-order valence-electron chi connectivity index (χ3n) is 3.14. The monoisotopic (exact) mass is 279 g/mol. The van der Waals surface area contributed by atoms with Gasteiger partial charge in [0.2, 0.25) is 0 Å². The second-order valence-electron chi connectivity index (χ2n) is 4.74. The summed E-state index contributed by atoms with van der Waals surface area (Å²) in [5.74, 6) is -0.647. The maximum Gasteiger partial charge on any atom is 0.280 e. The number of aryl methyl sites for hydroxylation is 1. The van der Waals surface area contributed by atoms with Gasteiger partial charge in [-0.3, -0.25) is 4.79 Å². The van der Waals surface area contributed by atoms with Crippen molar-refractivity contribution in [1.29, 1.82) is 0 Å². The molecular formula is C16H13N3O2. The third kappa shape index (κ3) is 2.53. The van der Waals surface area contributed by atoms with E-state index in [1.54, 1.807) is 24.3 Å². The molecule has 0 saturated carbocycles. The molecule has 104 valence electrons. The van der Waals surface area contributed by atoms with Crippen LogP contribution in [0.15, 0.2) is 48.5 Å². The first-order chi connectivity index (χ1) is 10.1. The second kappa shape index (κ2) is 5.20. The van der Waals surface area contributed by atoms with Crippen molar-refractivity contribution in [2.45, 2.75) is 6.92 Å². The number of para-hydroxylation sites is 1. The number of nitrogens with one attached hydrogen (secondary N) is 1. The molecule has 2 aromatic carbocycles. The molecule has 0 aliphatic rings. The van der Waals surface area contributed by atoms with Crippen molar-refractivity contribution >= 4 is 22.5 Å². The van der Waals surface area contributed by atoms with Gasteiger partial charge in [-0.1, -0.05) is 29.8 Å². The molecule has 0 fully saturated rings. The smallest absolute Gasteiger partial charge is 0.280 e. The van der Waals surface area contributed by atoms with E-state index in [0.29, 0.717) is 16.6 Å². The maximum absolute atomic E-state index is 12.2. The number of benzene rings is 2. The Morgan fingerprint density at radius 2 is 1.86 bits per heavy atom. The van der Waals surface area contributed by atoms with Gasteiger partial charge in [-0.25, -0.2) is 0 Å². The first-order valence-electron chi connectivity index (χ1n) is 6.47. The van der Waals surface area contributed by atoms with Crippen molar-refractivity contribution in [3.8, 4) is 5.75 Å². The van der Waals surface area contributed by atoms with Crippen molar-refractivity contribution in [1.82, 2.24) is 10.2 Å². The zero-order valence-corrected chi connectivity index (χ0v) is 11.4. The molecule has 21 heavy (non-hydrogen) atoms. The van der Waals surface area contributed by atoms with Gasteiger partial charge in [0.15, 0.2) is 11.4 Å². The van der Waals surface area contributed by atoms with Gasteiger partial charge in [0, 0.05) is 11.1 Å². The van der Waals surface area contributed by atoms with Crippen molar-refractivity contribution in [3.63, 3.8) is 0 Å².